The van der Waals surface area contributed by atoms with Crippen molar-refractivity contribution in [3.8, 4) is 0 Å². The van der Waals surface area contributed by atoms with Gasteiger partial charge in [0.15, 0.2) is 0 Å². The zero-order valence-corrected chi connectivity index (χ0v) is 10.6. The number of likely N-dealkylation sites (tertiary alicyclic amines) is 1. The number of rotatable bonds is 4. The van der Waals surface area contributed by atoms with E-state index in [0.29, 0.717) is 0 Å². The van der Waals surface area contributed by atoms with Gasteiger partial charge in [-0.05, 0) is 25.7 Å². The summed E-state index contributed by atoms with van der Waals surface area (Å²) >= 11 is 0. The maximum atomic E-state index is 11.7. The number of carbonyl (C=O) groups excluding carboxylic acids is 1. The number of carboxylic acid groups (broad SMARTS) is 1. The Kier molecular flexibility index (Phi) is 5.25. The van der Waals surface area contributed by atoms with Crippen molar-refractivity contribution >= 4 is 12.0 Å². The summed E-state index contributed by atoms with van der Waals surface area (Å²) in [6, 6.07) is -1.08. The van der Waals surface area contributed by atoms with Gasteiger partial charge in [-0.1, -0.05) is 19.8 Å². The number of hydrogen-bond acceptors (Lipinski definition) is 2. The van der Waals surface area contributed by atoms with Crippen LogP contribution in [0, 0.1) is 5.92 Å². The largest absolute Gasteiger partial charge is 0.480 e. The summed E-state index contributed by atoms with van der Waals surface area (Å²) in [5, 5.41) is 11.2. The quantitative estimate of drug-likeness (QED) is 0.788. The van der Waals surface area contributed by atoms with Crippen molar-refractivity contribution in [3.05, 3.63) is 0 Å². The number of amides is 2. The molecule has 1 atom stereocenters. The first-order chi connectivity index (χ1) is 8.04. The van der Waals surface area contributed by atoms with Gasteiger partial charge in [-0.3, -0.25) is 4.79 Å². The second-order valence-electron chi connectivity index (χ2n) is 4.73. The van der Waals surface area contributed by atoms with Gasteiger partial charge >= 0.3 is 12.0 Å². The highest BCUT2D eigenvalue weighted by atomic mass is 16.4. The summed E-state index contributed by atoms with van der Waals surface area (Å²) < 4.78 is 0. The Morgan fingerprint density at radius 2 is 2.00 bits per heavy atom. The number of hydrogen-bond donors (Lipinski definition) is 2. The SMILES string of the molecule is CCCC1CCN(C(=O)N[C@@H](C)C(=O)O)CC1. The molecule has 0 bridgehead atoms. The van der Waals surface area contributed by atoms with Crippen LogP contribution in [0.2, 0.25) is 0 Å². The van der Waals surface area contributed by atoms with Crippen LogP contribution in [0.3, 0.4) is 0 Å². The molecule has 1 heterocycles. The van der Waals surface area contributed by atoms with Crippen molar-refractivity contribution < 1.29 is 14.7 Å². The zero-order valence-electron chi connectivity index (χ0n) is 10.6. The lowest BCUT2D eigenvalue weighted by molar-refractivity contribution is -0.138. The molecule has 0 unspecified atom stereocenters. The predicted molar refractivity (Wildman–Crippen MR) is 64.8 cm³/mol. The lowest BCUT2D eigenvalue weighted by Gasteiger charge is -2.32. The van der Waals surface area contributed by atoms with Crippen LogP contribution in [0.25, 0.3) is 0 Å². The van der Waals surface area contributed by atoms with Crippen LogP contribution in [0.15, 0.2) is 0 Å². The monoisotopic (exact) mass is 242 g/mol. The molecule has 2 amide bonds. The van der Waals surface area contributed by atoms with Crippen LogP contribution in [0.1, 0.15) is 39.5 Å². The van der Waals surface area contributed by atoms with Gasteiger partial charge in [-0.25, -0.2) is 4.79 Å². The highest BCUT2D eigenvalue weighted by Gasteiger charge is 2.24. The molecular formula is C12H22N2O3. The zero-order chi connectivity index (χ0) is 12.8. The molecule has 1 saturated heterocycles. The summed E-state index contributed by atoms with van der Waals surface area (Å²) in [4.78, 5) is 24.1. The molecule has 17 heavy (non-hydrogen) atoms. The van der Waals surface area contributed by atoms with Gasteiger partial charge in [0.05, 0.1) is 0 Å². The Morgan fingerprint density at radius 3 is 2.47 bits per heavy atom. The molecule has 0 aromatic carbocycles. The summed E-state index contributed by atoms with van der Waals surface area (Å²) in [5.74, 6) is -0.278. The van der Waals surface area contributed by atoms with Gasteiger partial charge in [0.25, 0.3) is 0 Å². The average molecular weight is 242 g/mol. The second-order valence-corrected chi connectivity index (χ2v) is 4.73. The standard InChI is InChI=1S/C12H22N2O3/c1-3-4-10-5-7-14(8-6-10)12(17)13-9(2)11(15)16/h9-10H,3-8H2,1-2H3,(H,13,17)(H,15,16)/t9-/m0/s1. The molecular weight excluding hydrogens is 220 g/mol. The van der Waals surface area contributed by atoms with E-state index in [1.54, 1.807) is 4.90 Å². The number of carboxylic acids is 1. The van der Waals surface area contributed by atoms with Crippen molar-refractivity contribution in [2.24, 2.45) is 5.92 Å². The van der Waals surface area contributed by atoms with Crippen molar-refractivity contribution in [1.29, 1.82) is 0 Å². The van der Waals surface area contributed by atoms with Crippen LogP contribution in [-0.2, 0) is 4.79 Å². The third-order valence-corrected chi connectivity index (χ3v) is 3.31. The average Bonchev–Trinajstić information content (AvgIpc) is 2.30. The first-order valence-corrected chi connectivity index (χ1v) is 6.32. The number of nitrogens with one attached hydrogen (secondary N) is 1. The smallest absolute Gasteiger partial charge is 0.325 e. The van der Waals surface area contributed by atoms with Crippen molar-refractivity contribution in [2.75, 3.05) is 13.1 Å². The van der Waals surface area contributed by atoms with Gasteiger partial charge < -0.3 is 15.3 Å². The lowest BCUT2D eigenvalue weighted by atomic mass is 9.93. The molecule has 1 aliphatic heterocycles. The predicted octanol–water partition coefficient (Wildman–Crippen LogP) is 1.68. The van der Waals surface area contributed by atoms with E-state index >= 15 is 0 Å². The molecule has 0 spiro atoms. The lowest BCUT2D eigenvalue weighted by Crippen LogP contribution is -2.49. The van der Waals surface area contributed by atoms with Gasteiger partial charge in [-0.2, -0.15) is 0 Å². The molecule has 0 saturated carbocycles. The Labute approximate surface area is 102 Å². The highest BCUT2D eigenvalue weighted by molar-refractivity contribution is 5.82. The van der Waals surface area contributed by atoms with Crippen LogP contribution in [0.4, 0.5) is 4.79 Å². The summed E-state index contributed by atoms with van der Waals surface area (Å²) in [6.07, 6.45) is 4.47. The minimum absolute atomic E-state index is 0.255. The molecule has 0 radical (unpaired) electrons. The van der Waals surface area contributed by atoms with Gasteiger partial charge in [0, 0.05) is 13.1 Å². The maximum absolute atomic E-state index is 11.7. The molecule has 2 N–H and O–H groups in total. The first-order valence-electron chi connectivity index (χ1n) is 6.32. The molecule has 0 aromatic heterocycles. The maximum Gasteiger partial charge on any atom is 0.325 e. The second kappa shape index (κ2) is 6.47. The van der Waals surface area contributed by atoms with Crippen LogP contribution >= 0.6 is 0 Å². The van der Waals surface area contributed by atoms with E-state index in [4.69, 9.17) is 5.11 Å². The molecule has 1 fully saturated rings. The topological polar surface area (TPSA) is 69.6 Å². The van der Waals surface area contributed by atoms with Crippen LogP contribution in [0.5, 0.6) is 0 Å². The van der Waals surface area contributed by atoms with Crippen molar-refractivity contribution in [2.45, 2.75) is 45.6 Å². The molecule has 5 heteroatoms. The van der Waals surface area contributed by atoms with Gasteiger partial charge in [0.2, 0.25) is 0 Å². The Bertz CT molecular complexity index is 273. The number of carbonyl (C=O) groups is 2. The fourth-order valence-corrected chi connectivity index (χ4v) is 2.17. The fraction of sp³-hybridized carbons (Fsp3) is 0.833. The van der Waals surface area contributed by atoms with E-state index < -0.39 is 12.0 Å². The number of aliphatic carboxylic acids is 1. The van der Waals surface area contributed by atoms with E-state index in [1.807, 2.05) is 0 Å². The fourth-order valence-electron chi connectivity index (χ4n) is 2.17. The van der Waals surface area contributed by atoms with Crippen LogP contribution in [-0.4, -0.2) is 41.1 Å². The Balaban J connectivity index is 2.33. The first kappa shape index (κ1) is 13.8. The van der Waals surface area contributed by atoms with Gasteiger partial charge in [0.1, 0.15) is 6.04 Å². The molecule has 0 aromatic rings. The van der Waals surface area contributed by atoms with E-state index in [2.05, 4.69) is 12.2 Å². The number of nitrogens with zero attached hydrogens (tertiary/aromatic N) is 1. The van der Waals surface area contributed by atoms with Crippen molar-refractivity contribution in [3.63, 3.8) is 0 Å². The molecule has 98 valence electrons. The molecule has 0 aliphatic carbocycles. The van der Waals surface area contributed by atoms with E-state index in [0.717, 1.165) is 31.8 Å². The molecule has 1 aliphatic rings. The van der Waals surface area contributed by atoms with E-state index in [1.165, 1.54) is 19.8 Å². The molecule has 1 rings (SSSR count). The van der Waals surface area contributed by atoms with Gasteiger partial charge in [-0.15, -0.1) is 0 Å². The minimum Gasteiger partial charge on any atom is -0.480 e. The number of urea groups is 1. The third kappa shape index (κ3) is 4.24. The number of piperidine rings is 1. The normalized spacial score (nSPS) is 18.8. The van der Waals surface area contributed by atoms with E-state index in [9.17, 15) is 9.59 Å². The van der Waals surface area contributed by atoms with Crippen molar-refractivity contribution in [1.82, 2.24) is 10.2 Å². The minimum atomic E-state index is -1.00. The summed E-state index contributed by atoms with van der Waals surface area (Å²) in [6.45, 7) is 5.13. The highest BCUT2D eigenvalue weighted by Crippen LogP contribution is 2.21. The third-order valence-electron chi connectivity index (χ3n) is 3.31. The summed E-state index contributed by atoms with van der Waals surface area (Å²) in [5.41, 5.74) is 0. The molecule has 5 nitrogen and oxygen atoms in total. The Hall–Kier alpha value is -1.26. The summed E-state index contributed by atoms with van der Waals surface area (Å²) in [7, 11) is 0. The van der Waals surface area contributed by atoms with E-state index in [-0.39, 0.29) is 6.03 Å². The Morgan fingerprint density at radius 1 is 1.41 bits per heavy atom. The van der Waals surface area contributed by atoms with Crippen LogP contribution < -0.4 is 5.32 Å².